The Kier molecular flexibility index (Phi) is 3.53. The van der Waals surface area contributed by atoms with E-state index in [0.29, 0.717) is 0 Å². The molecule has 5 heteroatoms. The fourth-order valence-corrected chi connectivity index (χ4v) is 0.568. The number of amides is 2. The van der Waals surface area contributed by atoms with E-state index in [1.807, 2.05) is 20.8 Å². The van der Waals surface area contributed by atoms with Crippen molar-refractivity contribution in [2.45, 2.75) is 26.3 Å². The number of nitrogens with two attached hydrogens (primary N) is 1. The highest BCUT2D eigenvalue weighted by atomic mass is 16.2. The lowest BCUT2D eigenvalue weighted by atomic mass is 10.1. The molecule has 0 radical (unpaired) electrons. The number of hydrogen-bond acceptors (Lipinski definition) is 2. The van der Waals surface area contributed by atoms with Crippen LogP contribution in [0.25, 0.3) is 0 Å². The molecule has 0 aromatic heterocycles. The summed E-state index contributed by atoms with van der Waals surface area (Å²) in [7, 11) is 1.51. The first-order valence-corrected chi connectivity index (χ1v) is 3.69. The number of hydrogen-bond donors (Lipinski definition) is 3. The summed E-state index contributed by atoms with van der Waals surface area (Å²) in [4.78, 5) is 14.7. The number of nitrogens with one attached hydrogen (secondary N) is 2. The van der Waals surface area contributed by atoms with Gasteiger partial charge in [-0.05, 0) is 20.8 Å². The number of carbonyl (C=O) groups is 1. The average molecular weight is 172 g/mol. The molecule has 4 N–H and O–H groups in total. The smallest absolute Gasteiger partial charge is 0.321 e. The lowest BCUT2D eigenvalue weighted by Gasteiger charge is -2.13. The van der Waals surface area contributed by atoms with E-state index in [9.17, 15) is 4.79 Å². The lowest BCUT2D eigenvalue weighted by molar-refractivity contribution is 0.247. The Hall–Kier alpha value is -1.26. The third kappa shape index (κ3) is 5.52. The van der Waals surface area contributed by atoms with Gasteiger partial charge in [-0.25, -0.2) is 9.79 Å². The standard InChI is InChI=1S/C7H16N4O/c1-7(2,3)11-5(8)10-6(12)9-4/h1-4H3,(H4,8,9,10,11,12). The zero-order chi connectivity index (χ0) is 9.78. The zero-order valence-corrected chi connectivity index (χ0v) is 7.93. The van der Waals surface area contributed by atoms with Crippen LogP contribution in [-0.4, -0.2) is 24.6 Å². The predicted octanol–water partition coefficient (Wildman–Crippen LogP) is 0.0286. The molecule has 0 unspecified atom stereocenters. The third-order valence-electron chi connectivity index (χ3n) is 0.925. The first kappa shape index (κ1) is 10.7. The average Bonchev–Trinajstić information content (AvgIpc) is 1.82. The SMILES string of the molecule is CNC(=O)NC(N)=NC(C)(C)C. The Balaban J connectivity index is 4.12. The first-order chi connectivity index (χ1) is 5.35. The van der Waals surface area contributed by atoms with E-state index in [2.05, 4.69) is 15.6 Å². The van der Waals surface area contributed by atoms with E-state index in [1.54, 1.807) is 0 Å². The van der Waals surface area contributed by atoms with Crippen molar-refractivity contribution in [2.24, 2.45) is 10.7 Å². The van der Waals surface area contributed by atoms with Crippen molar-refractivity contribution in [1.29, 1.82) is 0 Å². The van der Waals surface area contributed by atoms with E-state index < -0.39 is 0 Å². The second-order valence-electron chi connectivity index (χ2n) is 3.37. The zero-order valence-electron chi connectivity index (χ0n) is 7.93. The van der Waals surface area contributed by atoms with Crippen molar-refractivity contribution >= 4 is 12.0 Å². The van der Waals surface area contributed by atoms with Crippen LogP contribution >= 0.6 is 0 Å². The predicted molar refractivity (Wildman–Crippen MR) is 49.0 cm³/mol. The molecule has 0 rings (SSSR count). The van der Waals surface area contributed by atoms with Gasteiger partial charge in [-0.2, -0.15) is 0 Å². The van der Waals surface area contributed by atoms with Gasteiger partial charge < -0.3 is 11.1 Å². The summed E-state index contributed by atoms with van der Waals surface area (Å²) in [6.45, 7) is 5.68. The van der Waals surface area contributed by atoms with Crippen LogP contribution in [-0.2, 0) is 0 Å². The number of urea groups is 1. The van der Waals surface area contributed by atoms with Gasteiger partial charge in [-0.3, -0.25) is 5.32 Å². The highest BCUT2D eigenvalue weighted by molar-refractivity contribution is 5.95. The van der Waals surface area contributed by atoms with E-state index in [4.69, 9.17) is 5.73 Å². The topological polar surface area (TPSA) is 79.5 Å². The largest absolute Gasteiger partial charge is 0.370 e. The molecule has 0 bridgehead atoms. The van der Waals surface area contributed by atoms with Gasteiger partial charge in [-0.1, -0.05) is 0 Å². The molecule has 70 valence electrons. The molecule has 0 atom stereocenters. The number of nitrogens with zero attached hydrogens (tertiary/aromatic N) is 1. The summed E-state index contributed by atoms with van der Waals surface area (Å²) in [5, 5.41) is 4.73. The van der Waals surface area contributed by atoms with Crippen molar-refractivity contribution in [2.75, 3.05) is 7.05 Å². The van der Waals surface area contributed by atoms with E-state index in [1.165, 1.54) is 7.05 Å². The van der Waals surface area contributed by atoms with Crippen LogP contribution in [0.2, 0.25) is 0 Å². The molecule has 5 nitrogen and oxygen atoms in total. The Morgan fingerprint density at radius 2 is 1.92 bits per heavy atom. The lowest BCUT2D eigenvalue weighted by Crippen LogP contribution is -2.43. The van der Waals surface area contributed by atoms with E-state index in [0.717, 1.165) is 0 Å². The molecule has 0 saturated heterocycles. The molecule has 0 spiro atoms. The quantitative estimate of drug-likeness (QED) is 0.356. The fraction of sp³-hybridized carbons (Fsp3) is 0.714. The van der Waals surface area contributed by atoms with Crippen LogP contribution in [0, 0.1) is 0 Å². The van der Waals surface area contributed by atoms with Gasteiger partial charge in [0, 0.05) is 7.05 Å². The summed E-state index contributed by atoms with van der Waals surface area (Å²) in [6, 6.07) is -0.361. The minimum atomic E-state index is -0.361. The molecule has 0 fully saturated rings. The molecule has 2 amide bonds. The van der Waals surface area contributed by atoms with Crippen molar-refractivity contribution in [3.63, 3.8) is 0 Å². The van der Waals surface area contributed by atoms with Crippen molar-refractivity contribution < 1.29 is 4.79 Å². The van der Waals surface area contributed by atoms with Crippen LogP contribution < -0.4 is 16.4 Å². The minimum Gasteiger partial charge on any atom is -0.370 e. The third-order valence-corrected chi connectivity index (χ3v) is 0.925. The Labute approximate surface area is 72.4 Å². The molecule has 0 aliphatic heterocycles. The summed E-state index contributed by atoms with van der Waals surface area (Å²) < 4.78 is 0. The molecule has 0 aromatic carbocycles. The van der Waals surface area contributed by atoms with Crippen LogP contribution in [0.4, 0.5) is 4.79 Å². The van der Waals surface area contributed by atoms with Crippen LogP contribution in [0.15, 0.2) is 4.99 Å². The van der Waals surface area contributed by atoms with Gasteiger partial charge in [0.1, 0.15) is 0 Å². The highest BCUT2D eigenvalue weighted by Crippen LogP contribution is 2.04. The van der Waals surface area contributed by atoms with Gasteiger partial charge >= 0.3 is 6.03 Å². The molecular weight excluding hydrogens is 156 g/mol. The Morgan fingerprint density at radius 3 is 2.25 bits per heavy atom. The molecule has 0 saturated carbocycles. The van der Waals surface area contributed by atoms with Crippen LogP contribution in [0.5, 0.6) is 0 Å². The van der Waals surface area contributed by atoms with Gasteiger partial charge in [-0.15, -0.1) is 0 Å². The van der Waals surface area contributed by atoms with Crippen molar-refractivity contribution in [1.82, 2.24) is 10.6 Å². The molecule has 0 aromatic rings. The minimum absolute atomic E-state index is 0.127. The number of guanidine groups is 1. The Bertz CT molecular complexity index is 192. The van der Waals surface area contributed by atoms with Gasteiger partial charge in [0.05, 0.1) is 5.54 Å². The van der Waals surface area contributed by atoms with Gasteiger partial charge in [0.2, 0.25) is 0 Å². The first-order valence-electron chi connectivity index (χ1n) is 3.69. The molecule has 0 aliphatic carbocycles. The maximum atomic E-state index is 10.7. The van der Waals surface area contributed by atoms with Gasteiger partial charge in [0.25, 0.3) is 0 Å². The second-order valence-corrected chi connectivity index (χ2v) is 3.37. The Morgan fingerprint density at radius 1 is 1.42 bits per heavy atom. The van der Waals surface area contributed by atoms with Crippen LogP contribution in [0.1, 0.15) is 20.8 Å². The molecule has 0 aliphatic rings. The molecule has 0 heterocycles. The second kappa shape index (κ2) is 3.94. The highest BCUT2D eigenvalue weighted by Gasteiger charge is 2.08. The van der Waals surface area contributed by atoms with Gasteiger partial charge in [0.15, 0.2) is 5.96 Å². The monoisotopic (exact) mass is 172 g/mol. The number of aliphatic imine (C=N–C) groups is 1. The van der Waals surface area contributed by atoms with E-state index in [-0.39, 0.29) is 17.5 Å². The summed E-state index contributed by atoms with van der Waals surface area (Å²) in [6.07, 6.45) is 0. The summed E-state index contributed by atoms with van der Waals surface area (Å²) in [5.41, 5.74) is 5.14. The fourth-order valence-electron chi connectivity index (χ4n) is 0.568. The summed E-state index contributed by atoms with van der Waals surface area (Å²) in [5.74, 6) is 0.127. The number of rotatable bonds is 0. The maximum absolute atomic E-state index is 10.7. The molecule has 12 heavy (non-hydrogen) atoms. The number of carbonyl (C=O) groups excluding carboxylic acids is 1. The normalized spacial score (nSPS) is 12.5. The van der Waals surface area contributed by atoms with Crippen molar-refractivity contribution in [3.05, 3.63) is 0 Å². The van der Waals surface area contributed by atoms with E-state index >= 15 is 0 Å². The molecular formula is C7H16N4O. The van der Waals surface area contributed by atoms with Crippen molar-refractivity contribution in [3.8, 4) is 0 Å². The summed E-state index contributed by atoms with van der Waals surface area (Å²) >= 11 is 0. The van der Waals surface area contributed by atoms with Crippen LogP contribution in [0.3, 0.4) is 0 Å². The maximum Gasteiger partial charge on any atom is 0.321 e.